The molecule has 1 unspecified atom stereocenters. The molecule has 0 radical (unpaired) electrons. The minimum atomic E-state index is -0.221. The lowest BCUT2D eigenvalue weighted by molar-refractivity contribution is -0.128. The first-order valence-electron chi connectivity index (χ1n) is 15.4. The minimum absolute atomic E-state index is 0.127. The van der Waals surface area contributed by atoms with Crippen LogP contribution in [0.3, 0.4) is 0 Å². The largest absolute Gasteiger partial charge is 0.462 e. The van der Waals surface area contributed by atoms with Crippen molar-refractivity contribution in [3.8, 4) is 6.01 Å². The van der Waals surface area contributed by atoms with E-state index in [1.165, 1.54) is 40.9 Å². The van der Waals surface area contributed by atoms with E-state index in [4.69, 9.17) is 21.3 Å². The normalized spacial score (nSPS) is 18.5. The van der Waals surface area contributed by atoms with Gasteiger partial charge in [0.05, 0.1) is 12.2 Å². The van der Waals surface area contributed by atoms with Crippen molar-refractivity contribution < 1.29 is 9.53 Å². The Bertz CT molecular complexity index is 1540. The van der Waals surface area contributed by atoms with Gasteiger partial charge in [0.2, 0.25) is 12.5 Å². The number of aromatic nitrogens is 2. The number of hydrogen-bond acceptors (Lipinski definition) is 7. The number of fused-ring (bicyclic) bond motifs is 2. The summed E-state index contributed by atoms with van der Waals surface area (Å²) in [6, 6.07) is 13.2. The third kappa shape index (κ3) is 6.30. The second-order valence-electron chi connectivity index (χ2n) is 12.1. The van der Waals surface area contributed by atoms with Crippen LogP contribution in [0.25, 0.3) is 15.6 Å². The fourth-order valence-electron chi connectivity index (χ4n) is 6.53. The summed E-state index contributed by atoms with van der Waals surface area (Å²) in [5.41, 5.74) is 4.60. The number of nitrogens with zero attached hydrogens (tertiary/aromatic N) is 7. The molecule has 0 N–H and O–H groups in total. The van der Waals surface area contributed by atoms with E-state index in [0.29, 0.717) is 38.8 Å². The number of carbonyl (C=O) groups excluding carboxylic acids is 1. The Morgan fingerprint density at radius 2 is 1.98 bits per heavy atom. The molecule has 3 heterocycles. The number of ether oxygens (including phenoxy) is 1. The van der Waals surface area contributed by atoms with Crippen LogP contribution in [0, 0.1) is 19.4 Å². The molecule has 1 aromatic heterocycles. The van der Waals surface area contributed by atoms with E-state index in [0.717, 1.165) is 49.0 Å². The number of carbonyl (C=O) groups is 1. The van der Waals surface area contributed by atoms with Crippen LogP contribution >= 0.6 is 0 Å². The quantitative estimate of drug-likeness (QED) is 0.261. The lowest BCUT2D eigenvalue weighted by atomic mass is 9.99. The molecular weight excluding hydrogens is 538 g/mol. The molecule has 1 saturated carbocycles. The van der Waals surface area contributed by atoms with Gasteiger partial charge >= 0.3 is 6.01 Å². The number of anilines is 2. The van der Waals surface area contributed by atoms with Gasteiger partial charge in [0, 0.05) is 55.9 Å². The predicted octanol–water partition coefficient (Wildman–Crippen LogP) is 4.34. The van der Waals surface area contributed by atoms with Crippen LogP contribution in [0.15, 0.2) is 49.1 Å². The van der Waals surface area contributed by atoms with Crippen molar-refractivity contribution in [2.24, 2.45) is 5.92 Å². The molecule has 1 saturated heterocycles. The van der Waals surface area contributed by atoms with Crippen molar-refractivity contribution in [3.63, 3.8) is 0 Å². The van der Waals surface area contributed by atoms with Gasteiger partial charge in [0.1, 0.15) is 18.5 Å². The second-order valence-corrected chi connectivity index (χ2v) is 12.1. The van der Waals surface area contributed by atoms with Crippen molar-refractivity contribution in [2.75, 3.05) is 69.3 Å². The van der Waals surface area contributed by atoms with Gasteiger partial charge in [-0.1, -0.05) is 36.9 Å². The zero-order valence-electron chi connectivity index (χ0n) is 25.3. The molecule has 6 rings (SSSR count). The summed E-state index contributed by atoms with van der Waals surface area (Å²) in [7, 11) is 2.15. The number of rotatable bonds is 10. The highest BCUT2D eigenvalue weighted by molar-refractivity contribution is 5.97. The molecule has 224 valence electrons. The summed E-state index contributed by atoms with van der Waals surface area (Å²) in [6.45, 7) is 19.2. The third-order valence-electron chi connectivity index (χ3n) is 8.97. The molecule has 2 aromatic carbocycles. The Hall–Kier alpha value is -4.16. The van der Waals surface area contributed by atoms with E-state index in [9.17, 15) is 4.79 Å². The first-order chi connectivity index (χ1) is 20.9. The van der Waals surface area contributed by atoms with Gasteiger partial charge in [-0.05, 0) is 62.2 Å². The molecule has 0 spiro atoms. The van der Waals surface area contributed by atoms with E-state index < -0.39 is 0 Å². The molecule has 43 heavy (non-hydrogen) atoms. The molecule has 2 aliphatic heterocycles. The highest BCUT2D eigenvalue weighted by Crippen LogP contribution is 2.36. The lowest BCUT2D eigenvalue weighted by Crippen LogP contribution is -2.56. The standard InChI is InChI=1S/C34H41N7O2/c1-5-31(42)41-17-16-40(22-27(41)20-35-3)33-28-14-15-39(30-11-7-10-26-9-6-8-24(2)32(26)30)23-29(28)36-34(37-33)43-19-18-38(4)21-25-12-13-25/h5-11,25,27H,1,12-23H2,2,4H3. The summed E-state index contributed by atoms with van der Waals surface area (Å²) < 4.78 is 6.22. The SMILES string of the molecule is [C-]#[N+]CC1CN(c2nc(OCCN(C)CC3CC3)nc3c2CCN(c2cccc4cccc(C)c24)C3)CCN1C(=O)C=C. The lowest BCUT2D eigenvalue weighted by Gasteiger charge is -2.41. The maximum Gasteiger partial charge on any atom is 0.318 e. The summed E-state index contributed by atoms with van der Waals surface area (Å²) in [5, 5.41) is 2.52. The Kier molecular flexibility index (Phi) is 8.48. The van der Waals surface area contributed by atoms with Crippen LogP contribution in [0.5, 0.6) is 6.01 Å². The molecule has 0 bridgehead atoms. The van der Waals surface area contributed by atoms with E-state index in [1.807, 2.05) is 0 Å². The van der Waals surface area contributed by atoms with Gasteiger partial charge in [0.15, 0.2) is 0 Å². The highest BCUT2D eigenvalue weighted by Gasteiger charge is 2.35. The average molecular weight is 580 g/mol. The van der Waals surface area contributed by atoms with Gasteiger partial charge in [0.25, 0.3) is 0 Å². The van der Waals surface area contributed by atoms with E-state index in [-0.39, 0.29) is 18.5 Å². The number of piperazine rings is 1. The van der Waals surface area contributed by atoms with Gasteiger partial charge < -0.3 is 29.2 Å². The van der Waals surface area contributed by atoms with E-state index >= 15 is 0 Å². The number of likely N-dealkylation sites (N-methyl/N-ethyl adjacent to an activating group) is 1. The molecule has 1 atom stereocenters. The van der Waals surface area contributed by atoms with Crippen molar-refractivity contribution in [1.82, 2.24) is 19.8 Å². The smallest absolute Gasteiger partial charge is 0.318 e. The predicted molar refractivity (Wildman–Crippen MR) is 171 cm³/mol. The summed E-state index contributed by atoms with van der Waals surface area (Å²) in [6.07, 6.45) is 4.80. The monoisotopic (exact) mass is 579 g/mol. The topological polar surface area (TPSA) is 69.4 Å². The third-order valence-corrected chi connectivity index (χ3v) is 8.97. The van der Waals surface area contributed by atoms with Crippen molar-refractivity contribution in [2.45, 2.75) is 38.8 Å². The van der Waals surface area contributed by atoms with Crippen LogP contribution in [-0.4, -0.2) is 91.2 Å². The van der Waals surface area contributed by atoms with Crippen LogP contribution in [0.4, 0.5) is 11.5 Å². The summed E-state index contributed by atoms with van der Waals surface area (Å²) in [4.78, 5) is 34.9. The number of amides is 1. The van der Waals surface area contributed by atoms with Crippen LogP contribution in [0.2, 0.25) is 0 Å². The van der Waals surface area contributed by atoms with Crippen LogP contribution in [-0.2, 0) is 17.8 Å². The Labute approximate surface area is 254 Å². The number of aryl methyl sites for hydroxylation is 1. The van der Waals surface area contributed by atoms with Crippen LogP contribution < -0.4 is 14.5 Å². The molecule has 1 aliphatic carbocycles. The first kappa shape index (κ1) is 28.9. The van der Waals surface area contributed by atoms with E-state index in [2.05, 4.69) is 76.5 Å². The van der Waals surface area contributed by atoms with Crippen molar-refractivity contribution in [1.29, 1.82) is 0 Å². The fourth-order valence-corrected chi connectivity index (χ4v) is 6.53. The zero-order valence-corrected chi connectivity index (χ0v) is 25.3. The Balaban J connectivity index is 1.30. The van der Waals surface area contributed by atoms with Gasteiger partial charge in [-0.3, -0.25) is 4.79 Å². The molecular formula is C34H41N7O2. The Morgan fingerprint density at radius 1 is 1.16 bits per heavy atom. The highest BCUT2D eigenvalue weighted by atomic mass is 16.5. The van der Waals surface area contributed by atoms with Crippen molar-refractivity contribution >= 4 is 28.2 Å². The molecule has 9 nitrogen and oxygen atoms in total. The van der Waals surface area contributed by atoms with E-state index in [1.54, 1.807) is 4.90 Å². The minimum Gasteiger partial charge on any atom is -0.462 e. The first-order valence-corrected chi connectivity index (χ1v) is 15.4. The molecule has 2 fully saturated rings. The average Bonchev–Trinajstić information content (AvgIpc) is 3.84. The summed E-state index contributed by atoms with van der Waals surface area (Å²) in [5.74, 6) is 1.58. The number of hydrogen-bond donors (Lipinski definition) is 0. The molecule has 9 heteroatoms. The van der Waals surface area contributed by atoms with Gasteiger partial charge in [-0.2, -0.15) is 9.97 Å². The van der Waals surface area contributed by atoms with Gasteiger partial charge in [-0.15, -0.1) is 0 Å². The van der Waals surface area contributed by atoms with Gasteiger partial charge in [-0.25, -0.2) is 6.57 Å². The fraction of sp³-hybridized carbons (Fsp3) is 0.471. The molecule has 3 aromatic rings. The molecule has 3 aliphatic rings. The summed E-state index contributed by atoms with van der Waals surface area (Å²) >= 11 is 0. The van der Waals surface area contributed by atoms with Crippen molar-refractivity contribution in [3.05, 3.63) is 77.3 Å². The molecule has 1 amide bonds. The zero-order chi connectivity index (χ0) is 29.9. The number of benzene rings is 2. The van der Waals surface area contributed by atoms with Crippen LogP contribution in [0.1, 0.15) is 29.7 Å². The maximum atomic E-state index is 12.5. The Morgan fingerprint density at radius 3 is 2.74 bits per heavy atom. The maximum absolute atomic E-state index is 12.5. The second kappa shape index (κ2) is 12.6.